The number of aliphatic hydroxyl groups excluding tert-OH is 1. The van der Waals surface area contributed by atoms with Gasteiger partial charge in [-0.05, 0) is 68.5 Å². The summed E-state index contributed by atoms with van der Waals surface area (Å²) in [4.78, 5) is 33.5. The van der Waals surface area contributed by atoms with Crippen molar-refractivity contribution in [3.63, 3.8) is 0 Å². The number of aliphatic hydroxyl groups is 1. The molecule has 1 saturated heterocycles. The maximum Gasteiger partial charge on any atom is 0.295 e. The second kappa shape index (κ2) is 10.5. The molecule has 1 aromatic heterocycles. The number of nitrogens with zero attached hydrogens (tertiary/aromatic N) is 3. The quantitative estimate of drug-likeness (QED) is 0.304. The predicted octanol–water partition coefficient (Wildman–Crippen LogP) is 3.95. The number of hydrogen-bond donors (Lipinski definition) is 1. The summed E-state index contributed by atoms with van der Waals surface area (Å²) in [7, 11) is 3.81. The van der Waals surface area contributed by atoms with Crippen LogP contribution in [0.15, 0.2) is 78.6 Å². The number of rotatable bonds is 8. The van der Waals surface area contributed by atoms with E-state index < -0.39 is 17.7 Å². The molecule has 1 N–H and O–H groups in total. The van der Waals surface area contributed by atoms with Crippen LogP contribution in [-0.4, -0.2) is 58.8 Å². The van der Waals surface area contributed by atoms with Crippen molar-refractivity contribution in [3.05, 3.63) is 101 Å². The summed E-state index contributed by atoms with van der Waals surface area (Å²) < 4.78 is 5.87. The minimum atomic E-state index is -0.692. The number of carbonyl (C=O) groups is 2. The number of ketones is 1. The molecule has 0 saturated carbocycles. The van der Waals surface area contributed by atoms with E-state index in [4.69, 9.17) is 4.74 Å². The van der Waals surface area contributed by atoms with Crippen LogP contribution in [0.4, 0.5) is 0 Å². The zero-order valence-electron chi connectivity index (χ0n) is 20.1. The number of hydrogen-bond acceptors (Lipinski definition) is 6. The molecule has 0 unspecified atom stereocenters. The lowest BCUT2D eigenvalue weighted by Crippen LogP contribution is -2.35. The molecule has 1 fully saturated rings. The molecular formula is C28H29N3O4. The van der Waals surface area contributed by atoms with Crippen LogP contribution in [0.3, 0.4) is 0 Å². The Hall–Kier alpha value is -3.97. The lowest BCUT2D eigenvalue weighted by atomic mass is 9.96. The monoisotopic (exact) mass is 471 g/mol. The predicted molar refractivity (Wildman–Crippen MR) is 134 cm³/mol. The van der Waals surface area contributed by atoms with Crippen LogP contribution >= 0.6 is 0 Å². The molecule has 7 heteroatoms. The molecule has 0 bridgehead atoms. The summed E-state index contributed by atoms with van der Waals surface area (Å²) in [5, 5.41) is 11.2. The van der Waals surface area contributed by atoms with Gasteiger partial charge in [0.1, 0.15) is 18.1 Å². The van der Waals surface area contributed by atoms with Crippen LogP contribution in [0.1, 0.15) is 28.3 Å². The lowest BCUT2D eigenvalue weighted by molar-refractivity contribution is -0.140. The summed E-state index contributed by atoms with van der Waals surface area (Å²) in [6, 6.07) is 17.8. The molecule has 180 valence electrons. The SMILES string of the molecule is Cc1cccc(COc2ccc(C(O)=C3C(=O)C(=O)N(CCN(C)C)[C@H]3c3ccncc3)cc2)c1. The lowest BCUT2D eigenvalue weighted by Gasteiger charge is -2.26. The van der Waals surface area contributed by atoms with Gasteiger partial charge in [-0.3, -0.25) is 14.6 Å². The van der Waals surface area contributed by atoms with Gasteiger partial charge in [0, 0.05) is 31.0 Å². The number of pyridine rings is 1. The summed E-state index contributed by atoms with van der Waals surface area (Å²) in [6.45, 7) is 3.39. The normalized spacial score (nSPS) is 17.3. The Morgan fingerprint density at radius 3 is 2.43 bits per heavy atom. The van der Waals surface area contributed by atoms with Crippen molar-refractivity contribution in [1.29, 1.82) is 0 Å². The van der Waals surface area contributed by atoms with E-state index in [1.807, 2.05) is 44.1 Å². The highest BCUT2D eigenvalue weighted by molar-refractivity contribution is 6.46. The van der Waals surface area contributed by atoms with Crippen LogP contribution in [0.25, 0.3) is 5.76 Å². The maximum absolute atomic E-state index is 13.0. The first kappa shape index (κ1) is 24.2. The number of ether oxygens (including phenoxy) is 1. The molecular weight excluding hydrogens is 442 g/mol. The van der Waals surface area contributed by atoms with Gasteiger partial charge in [-0.15, -0.1) is 0 Å². The number of aromatic nitrogens is 1. The van der Waals surface area contributed by atoms with Gasteiger partial charge in [0.15, 0.2) is 0 Å². The van der Waals surface area contributed by atoms with Gasteiger partial charge in [-0.2, -0.15) is 0 Å². The Morgan fingerprint density at radius 2 is 1.77 bits per heavy atom. The van der Waals surface area contributed by atoms with Gasteiger partial charge in [0.05, 0.1) is 11.6 Å². The number of benzene rings is 2. The summed E-state index contributed by atoms with van der Waals surface area (Å²) in [5.74, 6) is -0.876. The standard InChI is InChI=1S/C28H29N3O4/c1-19-5-4-6-20(17-19)18-35-23-9-7-22(8-10-23)26(32)24-25(21-11-13-29-14-12-21)31(16-15-30(2)3)28(34)27(24)33/h4-14,17,25,32H,15-16,18H2,1-3H3/t25-/m0/s1. The minimum absolute atomic E-state index is 0.0772. The number of aryl methyl sites for hydroxylation is 1. The summed E-state index contributed by atoms with van der Waals surface area (Å²) in [5.41, 5.74) is 3.47. The fraction of sp³-hybridized carbons (Fsp3) is 0.250. The maximum atomic E-state index is 13.0. The fourth-order valence-corrected chi connectivity index (χ4v) is 4.14. The van der Waals surface area contributed by atoms with Crippen molar-refractivity contribution < 1.29 is 19.4 Å². The Bertz CT molecular complexity index is 1240. The van der Waals surface area contributed by atoms with Crippen molar-refractivity contribution in [2.45, 2.75) is 19.6 Å². The van der Waals surface area contributed by atoms with Crippen molar-refractivity contribution in [2.75, 3.05) is 27.2 Å². The van der Waals surface area contributed by atoms with Crippen molar-refractivity contribution in [1.82, 2.24) is 14.8 Å². The first-order valence-electron chi connectivity index (χ1n) is 11.5. The first-order valence-corrected chi connectivity index (χ1v) is 11.5. The van der Waals surface area contributed by atoms with Gasteiger partial charge in [0.2, 0.25) is 0 Å². The highest BCUT2D eigenvalue weighted by atomic mass is 16.5. The molecule has 2 aromatic carbocycles. The Balaban J connectivity index is 1.62. The third-order valence-electron chi connectivity index (χ3n) is 5.97. The van der Waals surface area contributed by atoms with Crippen LogP contribution in [0.2, 0.25) is 0 Å². The molecule has 2 heterocycles. The number of carbonyl (C=O) groups excluding carboxylic acids is 2. The average molecular weight is 472 g/mol. The van der Waals surface area contributed by atoms with Crippen molar-refractivity contribution >= 4 is 17.4 Å². The molecule has 4 rings (SSSR count). The van der Waals surface area contributed by atoms with Crippen LogP contribution in [0.5, 0.6) is 5.75 Å². The van der Waals surface area contributed by atoms with Gasteiger partial charge in [0.25, 0.3) is 11.7 Å². The zero-order chi connectivity index (χ0) is 24.9. The second-order valence-corrected chi connectivity index (χ2v) is 8.88. The van der Waals surface area contributed by atoms with Gasteiger partial charge < -0.3 is 19.6 Å². The fourth-order valence-electron chi connectivity index (χ4n) is 4.14. The summed E-state index contributed by atoms with van der Waals surface area (Å²) >= 11 is 0. The van der Waals surface area contributed by atoms with E-state index >= 15 is 0 Å². The second-order valence-electron chi connectivity index (χ2n) is 8.88. The van der Waals surface area contributed by atoms with E-state index in [9.17, 15) is 14.7 Å². The molecule has 35 heavy (non-hydrogen) atoms. The van der Waals surface area contributed by atoms with Gasteiger partial charge >= 0.3 is 0 Å². The van der Waals surface area contributed by atoms with E-state index in [2.05, 4.69) is 11.1 Å². The number of Topliss-reactive ketones (excluding diaryl/α,β-unsaturated/α-hetero) is 1. The third kappa shape index (κ3) is 5.41. The van der Waals surface area contributed by atoms with Crippen molar-refractivity contribution in [2.24, 2.45) is 0 Å². The Labute approximate surface area is 205 Å². The Morgan fingerprint density at radius 1 is 1.06 bits per heavy atom. The van der Waals surface area contributed by atoms with Crippen LogP contribution in [-0.2, 0) is 16.2 Å². The number of likely N-dealkylation sites (tertiary alicyclic amines) is 1. The van der Waals surface area contributed by atoms with E-state index in [0.717, 1.165) is 16.7 Å². The largest absolute Gasteiger partial charge is 0.507 e. The number of amides is 1. The molecule has 1 amide bonds. The molecule has 3 aromatic rings. The highest BCUT2D eigenvalue weighted by Gasteiger charge is 2.45. The molecule has 0 aliphatic carbocycles. The average Bonchev–Trinajstić information content (AvgIpc) is 3.11. The van der Waals surface area contributed by atoms with Crippen LogP contribution in [0, 0.1) is 6.92 Å². The molecule has 1 aliphatic heterocycles. The molecule has 1 atom stereocenters. The topological polar surface area (TPSA) is 83.0 Å². The Kier molecular flexibility index (Phi) is 7.27. The van der Waals surface area contributed by atoms with E-state index in [1.165, 1.54) is 4.90 Å². The van der Waals surface area contributed by atoms with Crippen LogP contribution < -0.4 is 4.74 Å². The van der Waals surface area contributed by atoms with E-state index in [-0.39, 0.29) is 11.3 Å². The molecule has 7 nitrogen and oxygen atoms in total. The van der Waals surface area contributed by atoms with Gasteiger partial charge in [-0.1, -0.05) is 29.8 Å². The number of likely N-dealkylation sites (N-methyl/N-ethyl adjacent to an activating group) is 1. The van der Waals surface area contributed by atoms with Crippen molar-refractivity contribution in [3.8, 4) is 5.75 Å². The first-order chi connectivity index (χ1) is 16.8. The molecule has 1 aliphatic rings. The minimum Gasteiger partial charge on any atom is -0.507 e. The smallest absolute Gasteiger partial charge is 0.295 e. The summed E-state index contributed by atoms with van der Waals surface area (Å²) in [6.07, 6.45) is 3.23. The highest BCUT2D eigenvalue weighted by Crippen LogP contribution is 2.39. The van der Waals surface area contributed by atoms with E-state index in [0.29, 0.717) is 31.0 Å². The van der Waals surface area contributed by atoms with Gasteiger partial charge in [-0.25, -0.2) is 0 Å². The van der Waals surface area contributed by atoms with E-state index in [1.54, 1.807) is 48.8 Å². The molecule has 0 radical (unpaired) electrons. The zero-order valence-corrected chi connectivity index (χ0v) is 20.1. The third-order valence-corrected chi connectivity index (χ3v) is 5.97. The molecule has 0 spiro atoms.